The topological polar surface area (TPSA) is 67.6 Å². The number of alkyl carbamates (subject to hydrolysis) is 1. The molecule has 114 valence electrons. The van der Waals surface area contributed by atoms with E-state index in [0.29, 0.717) is 6.54 Å². The standard InChI is InChI=1S/C12H25N3O2.C2H6/c1-12(2,3)17-11(16)14-10-4-7-15(8-5-10)9-6-13;1-2/h10H,4-9,13H2,1-3H3,(H,14,16);1-2H3. The van der Waals surface area contributed by atoms with Crippen LogP contribution in [0.25, 0.3) is 0 Å². The molecule has 1 saturated heterocycles. The fraction of sp³-hybridized carbons (Fsp3) is 0.929. The quantitative estimate of drug-likeness (QED) is 0.825. The summed E-state index contributed by atoms with van der Waals surface area (Å²) in [5, 5.41) is 2.92. The maximum absolute atomic E-state index is 11.6. The van der Waals surface area contributed by atoms with Crippen molar-refractivity contribution >= 4 is 6.09 Å². The van der Waals surface area contributed by atoms with Gasteiger partial charge in [-0.05, 0) is 33.6 Å². The van der Waals surface area contributed by atoms with E-state index < -0.39 is 5.60 Å². The summed E-state index contributed by atoms with van der Waals surface area (Å²) in [5.74, 6) is 0. The van der Waals surface area contributed by atoms with E-state index in [0.717, 1.165) is 32.5 Å². The van der Waals surface area contributed by atoms with Crippen LogP contribution in [0.1, 0.15) is 47.5 Å². The summed E-state index contributed by atoms with van der Waals surface area (Å²) in [4.78, 5) is 13.9. The van der Waals surface area contributed by atoms with Crippen molar-refractivity contribution in [2.24, 2.45) is 5.73 Å². The first-order chi connectivity index (χ1) is 8.90. The van der Waals surface area contributed by atoms with Gasteiger partial charge in [0.2, 0.25) is 0 Å². The van der Waals surface area contributed by atoms with Crippen LogP contribution in [0.3, 0.4) is 0 Å². The van der Waals surface area contributed by atoms with E-state index >= 15 is 0 Å². The Hall–Kier alpha value is -0.810. The van der Waals surface area contributed by atoms with Crippen molar-refractivity contribution < 1.29 is 9.53 Å². The van der Waals surface area contributed by atoms with Crippen LogP contribution in [0, 0.1) is 0 Å². The Bertz CT molecular complexity index is 244. The largest absolute Gasteiger partial charge is 0.444 e. The number of ether oxygens (including phenoxy) is 1. The zero-order valence-electron chi connectivity index (χ0n) is 13.2. The van der Waals surface area contributed by atoms with E-state index in [-0.39, 0.29) is 12.1 Å². The number of amides is 1. The Morgan fingerprint density at radius 2 is 1.84 bits per heavy atom. The summed E-state index contributed by atoms with van der Waals surface area (Å²) < 4.78 is 5.23. The van der Waals surface area contributed by atoms with Crippen molar-refractivity contribution in [3.63, 3.8) is 0 Å². The van der Waals surface area contributed by atoms with Gasteiger partial charge in [0.25, 0.3) is 0 Å². The molecule has 5 nitrogen and oxygen atoms in total. The number of nitrogens with two attached hydrogens (primary N) is 1. The molecule has 1 aliphatic rings. The minimum atomic E-state index is -0.426. The van der Waals surface area contributed by atoms with E-state index in [1.165, 1.54) is 0 Å². The third-order valence-electron chi connectivity index (χ3n) is 2.75. The summed E-state index contributed by atoms with van der Waals surface area (Å²) in [6, 6.07) is 0.235. The van der Waals surface area contributed by atoms with Crippen LogP contribution >= 0.6 is 0 Å². The molecule has 0 aromatic carbocycles. The molecule has 0 aromatic rings. The highest BCUT2D eigenvalue weighted by Gasteiger charge is 2.22. The fourth-order valence-corrected chi connectivity index (χ4v) is 1.96. The molecule has 0 saturated carbocycles. The molecule has 0 unspecified atom stereocenters. The first-order valence-corrected chi connectivity index (χ1v) is 7.32. The number of hydrogen-bond donors (Lipinski definition) is 2. The molecular weight excluding hydrogens is 242 g/mol. The average molecular weight is 273 g/mol. The lowest BCUT2D eigenvalue weighted by atomic mass is 10.1. The first kappa shape index (κ1) is 18.2. The SMILES string of the molecule is CC.CC(C)(C)OC(=O)NC1CCN(CCN)CC1. The van der Waals surface area contributed by atoms with Gasteiger partial charge in [0.15, 0.2) is 0 Å². The molecule has 1 fully saturated rings. The van der Waals surface area contributed by atoms with Crippen molar-refractivity contribution in [1.29, 1.82) is 0 Å². The molecule has 3 N–H and O–H groups in total. The maximum atomic E-state index is 11.6. The summed E-state index contributed by atoms with van der Waals surface area (Å²) in [5.41, 5.74) is 5.09. The van der Waals surface area contributed by atoms with Gasteiger partial charge in [0.05, 0.1) is 0 Å². The van der Waals surface area contributed by atoms with Gasteiger partial charge in [-0.15, -0.1) is 0 Å². The molecule has 1 amide bonds. The van der Waals surface area contributed by atoms with Gasteiger partial charge >= 0.3 is 6.09 Å². The van der Waals surface area contributed by atoms with Crippen LogP contribution in [0.4, 0.5) is 4.79 Å². The second-order valence-corrected chi connectivity index (χ2v) is 5.55. The molecule has 0 spiro atoms. The number of nitrogens with zero attached hydrogens (tertiary/aromatic N) is 1. The van der Waals surface area contributed by atoms with Gasteiger partial charge in [0, 0.05) is 32.2 Å². The number of carbonyl (C=O) groups is 1. The Labute approximate surface area is 117 Å². The molecule has 1 aliphatic heterocycles. The number of likely N-dealkylation sites (tertiary alicyclic amines) is 1. The van der Waals surface area contributed by atoms with Crippen molar-refractivity contribution in [2.45, 2.75) is 59.1 Å². The van der Waals surface area contributed by atoms with Gasteiger partial charge in [-0.3, -0.25) is 0 Å². The Morgan fingerprint density at radius 1 is 1.32 bits per heavy atom. The maximum Gasteiger partial charge on any atom is 0.407 e. The lowest BCUT2D eigenvalue weighted by molar-refractivity contribution is 0.0479. The predicted molar refractivity (Wildman–Crippen MR) is 79.2 cm³/mol. The van der Waals surface area contributed by atoms with Crippen LogP contribution < -0.4 is 11.1 Å². The number of nitrogens with one attached hydrogen (secondary N) is 1. The molecule has 0 radical (unpaired) electrons. The Balaban J connectivity index is 0.00000154. The van der Waals surface area contributed by atoms with Crippen molar-refractivity contribution in [2.75, 3.05) is 26.2 Å². The van der Waals surface area contributed by atoms with Gasteiger partial charge in [0.1, 0.15) is 5.60 Å². The van der Waals surface area contributed by atoms with E-state index in [2.05, 4.69) is 10.2 Å². The minimum Gasteiger partial charge on any atom is -0.444 e. The number of hydrogen-bond acceptors (Lipinski definition) is 4. The second kappa shape index (κ2) is 9.15. The number of carbonyl (C=O) groups excluding carboxylic acids is 1. The lowest BCUT2D eigenvalue weighted by Crippen LogP contribution is -2.46. The number of piperidine rings is 1. The highest BCUT2D eigenvalue weighted by molar-refractivity contribution is 5.68. The highest BCUT2D eigenvalue weighted by Crippen LogP contribution is 2.11. The predicted octanol–water partition coefficient (Wildman–Crippen LogP) is 1.96. The van der Waals surface area contributed by atoms with Gasteiger partial charge < -0.3 is 20.7 Å². The molecule has 1 rings (SSSR count). The Morgan fingerprint density at radius 3 is 2.26 bits per heavy atom. The first-order valence-electron chi connectivity index (χ1n) is 7.32. The summed E-state index contributed by atoms with van der Waals surface area (Å²) in [7, 11) is 0. The van der Waals surface area contributed by atoms with Gasteiger partial charge in [-0.1, -0.05) is 13.8 Å². The van der Waals surface area contributed by atoms with E-state index in [1.807, 2.05) is 34.6 Å². The van der Waals surface area contributed by atoms with E-state index in [1.54, 1.807) is 0 Å². The molecule has 1 heterocycles. The van der Waals surface area contributed by atoms with Gasteiger partial charge in [-0.2, -0.15) is 0 Å². The fourth-order valence-electron chi connectivity index (χ4n) is 1.96. The third kappa shape index (κ3) is 8.83. The zero-order valence-corrected chi connectivity index (χ0v) is 13.2. The molecule has 5 heteroatoms. The van der Waals surface area contributed by atoms with Crippen LogP contribution in [0.5, 0.6) is 0 Å². The monoisotopic (exact) mass is 273 g/mol. The average Bonchev–Trinajstić information content (AvgIpc) is 2.32. The van der Waals surface area contributed by atoms with Crippen molar-refractivity contribution in [3.05, 3.63) is 0 Å². The van der Waals surface area contributed by atoms with Crippen molar-refractivity contribution in [1.82, 2.24) is 10.2 Å². The summed E-state index contributed by atoms with van der Waals surface area (Å²) in [6.45, 7) is 13.3. The smallest absolute Gasteiger partial charge is 0.407 e. The molecule has 0 aromatic heterocycles. The summed E-state index contributed by atoms with van der Waals surface area (Å²) >= 11 is 0. The lowest BCUT2D eigenvalue weighted by Gasteiger charge is -2.32. The zero-order chi connectivity index (χ0) is 14.9. The third-order valence-corrected chi connectivity index (χ3v) is 2.75. The van der Waals surface area contributed by atoms with Crippen molar-refractivity contribution in [3.8, 4) is 0 Å². The Kier molecular flexibility index (Phi) is 8.76. The molecule has 0 aliphatic carbocycles. The second-order valence-electron chi connectivity index (χ2n) is 5.55. The molecule has 0 bridgehead atoms. The molecule has 19 heavy (non-hydrogen) atoms. The van der Waals surface area contributed by atoms with Gasteiger partial charge in [-0.25, -0.2) is 4.79 Å². The highest BCUT2D eigenvalue weighted by atomic mass is 16.6. The number of rotatable bonds is 3. The van der Waals surface area contributed by atoms with Crippen LogP contribution in [0.2, 0.25) is 0 Å². The van der Waals surface area contributed by atoms with Crippen LogP contribution in [-0.2, 0) is 4.74 Å². The van der Waals surface area contributed by atoms with E-state index in [9.17, 15) is 4.79 Å². The summed E-state index contributed by atoms with van der Waals surface area (Å²) in [6.07, 6.45) is 1.63. The molecular formula is C14H31N3O2. The van der Waals surface area contributed by atoms with Crippen LogP contribution in [0.15, 0.2) is 0 Å². The van der Waals surface area contributed by atoms with E-state index in [4.69, 9.17) is 10.5 Å². The molecule has 0 atom stereocenters. The normalized spacial score (nSPS) is 17.4. The van der Waals surface area contributed by atoms with Crippen LogP contribution in [-0.4, -0.2) is 48.8 Å². The minimum absolute atomic E-state index is 0.235.